The number of nitrogens with one attached hydrogen (secondary N) is 1. The molecule has 0 unspecified atom stereocenters. The Morgan fingerprint density at radius 3 is 2.42 bits per heavy atom. The van der Waals surface area contributed by atoms with E-state index >= 15 is 0 Å². The highest BCUT2D eigenvalue weighted by Gasteiger charge is 2.13. The first kappa shape index (κ1) is 15.9. The maximum absolute atomic E-state index is 12.5. The van der Waals surface area contributed by atoms with E-state index in [2.05, 4.69) is 4.98 Å². The molecule has 1 aromatic heterocycles. The number of aromatic carboxylic acids is 1. The Kier molecular flexibility index (Phi) is 3.69. The van der Waals surface area contributed by atoms with Crippen LogP contribution in [0.1, 0.15) is 15.9 Å². The first-order valence-corrected chi connectivity index (χ1v) is 8.18. The van der Waals surface area contributed by atoms with E-state index in [0.717, 1.165) is 16.7 Å². The van der Waals surface area contributed by atoms with Gasteiger partial charge >= 0.3 is 11.7 Å². The van der Waals surface area contributed by atoms with Gasteiger partial charge in [0.15, 0.2) is 0 Å². The third-order valence-electron chi connectivity index (χ3n) is 4.40. The van der Waals surface area contributed by atoms with Crippen molar-refractivity contribution in [1.29, 1.82) is 0 Å². The molecular weight excluding hydrogens is 328 g/mol. The number of aromatic amines is 1. The van der Waals surface area contributed by atoms with Gasteiger partial charge in [-0.3, -0.25) is 4.57 Å². The molecule has 0 saturated heterocycles. The molecule has 5 heteroatoms. The van der Waals surface area contributed by atoms with Gasteiger partial charge in [-0.05, 0) is 48.4 Å². The molecule has 0 aliphatic rings. The predicted octanol–water partition coefficient (Wildman–Crippen LogP) is 3.99. The Balaban J connectivity index is 1.99. The van der Waals surface area contributed by atoms with Crippen LogP contribution in [0.25, 0.3) is 27.8 Å². The number of fused-ring (bicyclic) bond motifs is 1. The Labute approximate surface area is 149 Å². The molecule has 0 radical (unpaired) electrons. The molecule has 1 heterocycles. The van der Waals surface area contributed by atoms with E-state index in [0.29, 0.717) is 16.7 Å². The van der Waals surface area contributed by atoms with Crippen LogP contribution in [0.4, 0.5) is 0 Å². The average molecular weight is 344 g/mol. The second kappa shape index (κ2) is 6.04. The number of carboxylic acids is 1. The highest BCUT2D eigenvalue weighted by molar-refractivity contribution is 5.91. The third kappa shape index (κ3) is 2.69. The van der Waals surface area contributed by atoms with E-state index in [-0.39, 0.29) is 11.3 Å². The highest BCUT2D eigenvalue weighted by Crippen LogP contribution is 2.26. The topological polar surface area (TPSA) is 75.1 Å². The van der Waals surface area contributed by atoms with E-state index in [1.54, 1.807) is 6.07 Å². The van der Waals surface area contributed by atoms with Crippen molar-refractivity contribution in [2.75, 3.05) is 0 Å². The van der Waals surface area contributed by atoms with Crippen LogP contribution in [0.5, 0.6) is 0 Å². The van der Waals surface area contributed by atoms with Gasteiger partial charge in [0.05, 0.1) is 22.3 Å². The number of benzene rings is 3. The first-order chi connectivity index (χ1) is 12.5. The number of nitrogens with zero attached hydrogens (tertiary/aromatic N) is 1. The van der Waals surface area contributed by atoms with E-state index in [4.69, 9.17) is 0 Å². The lowest BCUT2D eigenvalue weighted by atomic mass is 10.0. The van der Waals surface area contributed by atoms with Crippen LogP contribution in [0.3, 0.4) is 0 Å². The molecule has 0 spiro atoms. The average Bonchev–Trinajstić information content (AvgIpc) is 2.97. The van der Waals surface area contributed by atoms with Crippen molar-refractivity contribution in [2.24, 2.45) is 0 Å². The van der Waals surface area contributed by atoms with Crippen LogP contribution < -0.4 is 5.69 Å². The van der Waals surface area contributed by atoms with Gasteiger partial charge in [0, 0.05) is 0 Å². The molecule has 0 aliphatic heterocycles. The minimum Gasteiger partial charge on any atom is -0.478 e. The van der Waals surface area contributed by atoms with Crippen molar-refractivity contribution in [3.05, 3.63) is 88.3 Å². The minimum atomic E-state index is -1.03. The van der Waals surface area contributed by atoms with Gasteiger partial charge in [0.2, 0.25) is 0 Å². The molecule has 0 aliphatic carbocycles. The zero-order valence-corrected chi connectivity index (χ0v) is 14.1. The number of hydrogen-bond acceptors (Lipinski definition) is 2. The van der Waals surface area contributed by atoms with E-state index in [1.165, 1.54) is 10.6 Å². The van der Waals surface area contributed by atoms with Crippen molar-refractivity contribution >= 4 is 17.0 Å². The Hall–Kier alpha value is -3.60. The second-order valence-electron chi connectivity index (χ2n) is 6.22. The maximum atomic E-state index is 12.5. The normalized spacial score (nSPS) is 11.0. The van der Waals surface area contributed by atoms with Gasteiger partial charge in [-0.25, -0.2) is 9.59 Å². The molecule has 5 nitrogen and oxygen atoms in total. The third-order valence-corrected chi connectivity index (χ3v) is 4.40. The molecule has 0 saturated carbocycles. The van der Waals surface area contributed by atoms with E-state index in [9.17, 15) is 14.7 Å². The summed E-state index contributed by atoms with van der Waals surface area (Å²) >= 11 is 0. The Bertz CT molecular complexity index is 1180. The molecule has 4 aromatic rings. The number of carbonyl (C=O) groups is 1. The number of rotatable bonds is 3. The van der Waals surface area contributed by atoms with Gasteiger partial charge in [0.1, 0.15) is 0 Å². The molecule has 26 heavy (non-hydrogen) atoms. The minimum absolute atomic E-state index is 0.134. The summed E-state index contributed by atoms with van der Waals surface area (Å²) in [6.45, 7) is 1.99. The Morgan fingerprint density at radius 1 is 0.962 bits per heavy atom. The fourth-order valence-corrected chi connectivity index (χ4v) is 3.09. The fourth-order valence-electron chi connectivity index (χ4n) is 3.09. The van der Waals surface area contributed by atoms with Crippen molar-refractivity contribution in [1.82, 2.24) is 9.55 Å². The van der Waals surface area contributed by atoms with Crippen molar-refractivity contribution in [2.45, 2.75) is 6.92 Å². The molecule has 2 N–H and O–H groups in total. The van der Waals surface area contributed by atoms with Crippen LogP contribution in [-0.2, 0) is 0 Å². The number of aryl methyl sites for hydroxylation is 1. The van der Waals surface area contributed by atoms with Crippen LogP contribution in [0.15, 0.2) is 71.5 Å². The van der Waals surface area contributed by atoms with Crippen molar-refractivity contribution in [3.63, 3.8) is 0 Å². The quantitative estimate of drug-likeness (QED) is 0.590. The van der Waals surface area contributed by atoms with Crippen LogP contribution in [0, 0.1) is 6.92 Å². The van der Waals surface area contributed by atoms with Crippen molar-refractivity contribution < 1.29 is 9.90 Å². The molecular formula is C21H16N2O3. The largest absolute Gasteiger partial charge is 0.478 e. The smallest absolute Gasteiger partial charge is 0.335 e. The van der Waals surface area contributed by atoms with Crippen LogP contribution >= 0.6 is 0 Å². The molecule has 3 aromatic carbocycles. The lowest BCUT2D eigenvalue weighted by molar-refractivity contribution is 0.0697. The highest BCUT2D eigenvalue weighted by atomic mass is 16.4. The summed E-state index contributed by atoms with van der Waals surface area (Å²) in [6, 6.07) is 20.1. The van der Waals surface area contributed by atoms with E-state index < -0.39 is 5.97 Å². The fraction of sp³-hybridized carbons (Fsp3) is 0.0476. The van der Waals surface area contributed by atoms with Gasteiger partial charge < -0.3 is 10.1 Å². The second-order valence-corrected chi connectivity index (χ2v) is 6.22. The molecule has 0 amide bonds. The monoisotopic (exact) mass is 344 g/mol. The maximum Gasteiger partial charge on any atom is 0.335 e. The predicted molar refractivity (Wildman–Crippen MR) is 101 cm³/mol. The lowest BCUT2D eigenvalue weighted by Gasteiger charge is -2.10. The molecule has 4 rings (SSSR count). The number of para-hydroxylation sites is 2. The lowest BCUT2D eigenvalue weighted by Crippen LogP contribution is -2.15. The van der Waals surface area contributed by atoms with Gasteiger partial charge in [-0.15, -0.1) is 0 Å². The number of aromatic nitrogens is 2. The summed E-state index contributed by atoms with van der Waals surface area (Å²) in [5, 5.41) is 9.51. The van der Waals surface area contributed by atoms with Crippen molar-refractivity contribution in [3.8, 4) is 16.8 Å². The van der Waals surface area contributed by atoms with E-state index in [1.807, 2.05) is 61.5 Å². The number of imidazole rings is 1. The number of hydrogen-bond donors (Lipinski definition) is 2. The first-order valence-electron chi connectivity index (χ1n) is 8.18. The zero-order valence-electron chi connectivity index (χ0n) is 14.1. The standard InChI is InChI=1S/C21H16N2O3/c1-13-6-8-14(9-7-13)15-10-16(20(24)25)12-17(11-15)23-19-5-3-2-4-18(19)22-21(23)26/h2-12H,1H3,(H,22,26)(H,24,25). The van der Waals surface area contributed by atoms with Gasteiger partial charge in [-0.1, -0.05) is 42.0 Å². The summed E-state index contributed by atoms with van der Waals surface area (Å²) in [6.07, 6.45) is 0. The summed E-state index contributed by atoms with van der Waals surface area (Å²) in [5.74, 6) is -1.03. The van der Waals surface area contributed by atoms with Crippen LogP contribution in [0.2, 0.25) is 0 Å². The molecule has 0 atom stereocenters. The summed E-state index contributed by atoms with van der Waals surface area (Å²) in [7, 11) is 0. The Morgan fingerprint density at radius 2 is 1.69 bits per heavy atom. The SMILES string of the molecule is Cc1ccc(-c2cc(C(=O)O)cc(-n3c(=O)[nH]c4ccccc43)c2)cc1. The van der Waals surface area contributed by atoms with Crippen LogP contribution in [-0.4, -0.2) is 20.6 Å². The zero-order chi connectivity index (χ0) is 18.3. The molecule has 0 bridgehead atoms. The summed E-state index contributed by atoms with van der Waals surface area (Å²) in [4.78, 5) is 26.9. The van der Waals surface area contributed by atoms with Gasteiger partial charge in [0.25, 0.3) is 0 Å². The molecule has 128 valence electrons. The number of H-pyrrole nitrogens is 1. The van der Waals surface area contributed by atoms with Gasteiger partial charge in [-0.2, -0.15) is 0 Å². The summed E-state index contributed by atoms with van der Waals surface area (Å²) < 4.78 is 1.50. The summed E-state index contributed by atoms with van der Waals surface area (Å²) in [5.41, 5.74) is 4.52. The molecule has 0 fully saturated rings. The number of carboxylic acid groups (broad SMARTS) is 1.